The third kappa shape index (κ3) is 2.25. The second-order valence-electron chi connectivity index (χ2n) is 4.40. The average Bonchev–Trinajstić information content (AvgIpc) is 2.57. The molecule has 0 saturated carbocycles. The maximum absolute atomic E-state index is 11.8. The molecule has 94 valence electrons. The molecule has 1 N–H and O–H groups in total. The van der Waals surface area contributed by atoms with Crippen molar-refractivity contribution >= 4 is 17.8 Å². The number of carboxylic acids is 1. The van der Waals surface area contributed by atoms with Gasteiger partial charge >= 0.3 is 5.97 Å². The highest BCUT2D eigenvalue weighted by Gasteiger charge is 2.42. The van der Waals surface area contributed by atoms with E-state index in [1.807, 2.05) is 31.2 Å². The van der Waals surface area contributed by atoms with Gasteiger partial charge in [-0.15, -0.1) is 0 Å². The van der Waals surface area contributed by atoms with E-state index in [2.05, 4.69) is 0 Å². The number of hydrogen-bond acceptors (Lipinski definition) is 3. The predicted octanol–water partition coefficient (Wildman–Crippen LogP) is 0.955. The van der Waals surface area contributed by atoms with Crippen LogP contribution < -0.4 is 0 Å². The normalized spacial score (nSPS) is 19.4. The summed E-state index contributed by atoms with van der Waals surface area (Å²) in [5, 5.41) is 8.83. The van der Waals surface area contributed by atoms with Crippen LogP contribution in [0.4, 0.5) is 0 Å². The summed E-state index contributed by atoms with van der Waals surface area (Å²) in [5.41, 5.74) is 1.85. The van der Waals surface area contributed by atoms with Gasteiger partial charge in [-0.1, -0.05) is 29.8 Å². The van der Waals surface area contributed by atoms with Crippen molar-refractivity contribution in [2.45, 2.75) is 19.9 Å². The average molecular weight is 247 g/mol. The molecule has 0 aromatic heterocycles. The predicted molar refractivity (Wildman–Crippen MR) is 62.5 cm³/mol. The Bertz CT molecular complexity index is 523. The van der Waals surface area contributed by atoms with Crippen molar-refractivity contribution in [3.63, 3.8) is 0 Å². The molecular formula is C13H13NO4. The molecule has 1 atom stereocenters. The van der Waals surface area contributed by atoms with Crippen molar-refractivity contribution < 1.29 is 19.5 Å². The quantitative estimate of drug-likeness (QED) is 0.637. The van der Waals surface area contributed by atoms with E-state index in [0.717, 1.165) is 16.0 Å². The molecule has 1 aliphatic rings. The molecule has 1 aromatic rings. The Labute approximate surface area is 104 Å². The van der Waals surface area contributed by atoms with Crippen LogP contribution in [0.15, 0.2) is 24.3 Å². The van der Waals surface area contributed by atoms with Gasteiger partial charge in [0.1, 0.15) is 5.92 Å². The first kappa shape index (κ1) is 12.3. The SMILES string of the molecule is Cc1cccc(CN2C(=O)CC(C(=O)O)C2=O)c1. The number of imide groups is 1. The summed E-state index contributed by atoms with van der Waals surface area (Å²) >= 11 is 0. The van der Waals surface area contributed by atoms with Gasteiger partial charge in [0.15, 0.2) is 0 Å². The van der Waals surface area contributed by atoms with Crippen LogP contribution in [-0.2, 0) is 20.9 Å². The van der Waals surface area contributed by atoms with Gasteiger partial charge in [-0.2, -0.15) is 0 Å². The lowest BCUT2D eigenvalue weighted by Crippen LogP contribution is -2.31. The smallest absolute Gasteiger partial charge is 0.316 e. The summed E-state index contributed by atoms with van der Waals surface area (Å²) in [4.78, 5) is 35.2. The molecular weight excluding hydrogens is 234 g/mol. The van der Waals surface area contributed by atoms with Crippen LogP contribution in [0.25, 0.3) is 0 Å². The van der Waals surface area contributed by atoms with Gasteiger partial charge in [0.2, 0.25) is 11.8 Å². The zero-order valence-electron chi connectivity index (χ0n) is 9.92. The number of amides is 2. The van der Waals surface area contributed by atoms with Crippen molar-refractivity contribution in [1.29, 1.82) is 0 Å². The Kier molecular flexibility index (Phi) is 3.14. The molecule has 1 fully saturated rings. The monoisotopic (exact) mass is 247 g/mol. The second kappa shape index (κ2) is 4.60. The van der Waals surface area contributed by atoms with E-state index >= 15 is 0 Å². The van der Waals surface area contributed by atoms with Gasteiger partial charge in [0.25, 0.3) is 0 Å². The number of nitrogens with zero attached hydrogens (tertiary/aromatic N) is 1. The van der Waals surface area contributed by atoms with Crippen LogP contribution in [0.2, 0.25) is 0 Å². The first-order chi connectivity index (χ1) is 8.49. The first-order valence-corrected chi connectivity index (χ1v) is 5.61. The molecule has 1 aliphatic heterocycles. The number of aliphatic carboxylic acids is 1. The van der Waals surface area contributed by atoms with Gasteiger partial charge in [0.05, 0.1) is 6.54 Å². The van der Waals surface area contributed by atoms with Crippen molar-refractivity contribution in [3.8, 4) is 0 Å². The maximum Gasteiger partial charge on any atom is 0.316 e. The largest absolute Gasteiger partial charge is 0.481 e. The molecule has 0 bridgehead atoms. The summed E-state index contributed by atoms with van der Waals surface area (Å²) in [6.07, 6.45) is -0.236. The molecule has 1 aromatic carbocycles. The van der Waals surface area contributed by atoms with Gasteiger partial charge in [-0.3, -0.25) is 19.3 Å². The summed E-state index contributed by atoms with van der Waals surface area (Å²) in [6, 6.07) is 7.43. The number of carbonyl (C=O) groups is 3. The Balaban J connectivity index is 2.17. The van der Waals surface area contributed by atoms with Crippen molar-refractivity contribution in [2.24, 2.45) is 5.92 Å². The summed E-state index contributed by atoms with van der Waals surface area (Å²) < 4.78 is 0. The van der Waals surface area contributed by atoms with Crippen LogP contribution in [0.3, 0.4) is 0 Å². The van der Waals surface area contributed by atoms with Crippen molar-refractivity contribution in [2.75, 3.05) is 0 Å². The molecule has 0 radical (unpaired) electrons. The van der Waals surface area contributed by atoms with Gasteiger partial charge in [0, 0.05) is 6.42 Å². The molecule has 0 aliphatic carbocycles. The van der Waals surface area contributed by atoms with Crippen LogP contribution in [-0.4, -0.2) is 27.8 Å². The standard InChI is InChI=1S/C13H13NO4/c1-8-3-2-4-9(5-8)7-14-11(15)6-10(12(14)16)13(17)18/h2-5,10H,6-7H2,1H3,(H,17,18). The molecule has 2 rings (SSSR count). The van der Waals surface area contributed by atoms with Crippen LogP contribution in [0.5, 0.6) is 0 Å². The van der Waals surface area contributed by atoms with E-state index in [0.29, 0.717) is 0 Å². The number of hydrogen-bond donors (Lipinski definition) is 1. The van der Waals surface area contributed by atoms with E-state index in [1.54, 1.807) is 0 Å². The van der Waals surface area contributed by atoms with Crippen LogP contribution in [0.1, 0.15) is 17.5 Å². The topological polar surface area (TPSA) is 74.7 Å². The highest BCUT2D eigenvalue weighted by Crippen LogP contribution is 2.22. The number of carboxylic acid groups (broad SMARTS) is 1. The minimum absolute atomic E-state index is 0.142. The summed E-state index contributed by atoms with van der Waals surface area (Å²) in [7, 11) is 0. The molecule has 5 heteroatoms. The summed E-state index contributed by atoms with van der Waals surface area (Å²) in [6.45, 7) is 2.06. The van der Waals surface area contributed by atoms with Crippen molar-refractivity contribution in [3.05, 3.63) is 35.4 Å². The third-order valence-electron chi connectivity index (χ3n) is 2.97. The second-order valence-corrected chi connectivity index (χ2v) is 4.40. The number of rotatable bonds is 3. The highest BCUT2D eigenvalue weighted by molar-refractivity contribution is 6.12. The molecule has 2 amide bonds. The van der Waals surface area contributed by atoms with Crippen LogP contribution >= 0.6 is 0 Å². The Morgan fingerprint density at radius 2 is 2.17 bits per heavy atom. The number of benzene rings is 1. The summed E-state index contributed by atoms with van der Waals surface area (Å²) in [5.74, 6) is -3.50. The lowest BCUT2D eigenvalue weighted by atomic mass is 10.1. The molecule has 1 heterocycles. The Morgan fingerprint density at radius 3 is 2.72 bits per heavy atom. The maximum atomic E-state index is 11.8. The van der Waals surface area contributed by atoms with Crippen LogP contribution in [0, 0.1) is 12.8 Å². The van der Waals surface area contributed by atoms with E-state index in [9.17, 15) is 14.4 Å². The van der Waals surface area contributed by atoms with E-state index in [4.69, 9.17) is 5.11 Å². The van der Waals surface area contributed by atoms with E-state index in [1.165, 1.54) is 0 Å². The number of carbonyl (C=O) groups excluding carboxylic acids is 2. The lowest BCUT2D eigenvalue weighted by Gasteiger charge is -2.14. The fourth-order valence-corrected chi connectivity index (χ4v) is 2.04. The molecule has 0 spiro atoms. The number of aryl methyl sites for hydroxylation is 1. The van der Waals surface area contributed by atoms with Crippen molar-refractivity contribution in [1.82, 2.24) is 4.90 Å². The first-order valence-electron chi connectivity index (χ1n) is 5.61. The van der Waals surface area contributed by atoms with Gasteiger partial charge < -0.3 is 5.11 Å². The molecule has 1 unspecified atom stereocenters. The van der Waals surface area contributed by atoms with Gasteiger partial charge in [-0.05, 0) is 12.5 Å². The Hall–Kier alpha value is -2.17. The van der Waals surface area contributed by atoms with E-state index in [-0.39, 0.29) is 13.0 Å². The third-order valence-corrected chi connectivity index (χ3v) is 2.97. The van der Waals surface area contributed by atoms with E-state index < -0.39 is 23.7 Å². The Morgan fingerprint density at radius 1 is 1.44 bits per heavy atom. The fourth-order valence-electron chi connectivity index (χ4n) is 2.04. The zero-order valence-corrected chi connectivity index (χ0v) is 9.92. The molecule has 5 nitrogen and oxygen atoms in total. The fraction of sp³-hybridized carbons (Fsp3) is 0.308. The van der Waals surface area contributed by atoms with Gasteiger partial charge in [-0.25, -0.2) is 0 Å². The lowest BCUT2D eigenvalue weighted by molar-refractivity contribution is -0.148. The highest BCUT2D eigenvalue weighted by atomic mass is 16.4. The minimum atomic E-state index is -1.24. The molecule has 1 saturated heterocycles. The molecule has 18 heavy (non-hydrogen) atoms. The minimum Gasteiger partial charge on any atom is -0.481 e. The zero-order chi connectivity index (χ0) is 13.3. The number of likely N-dealkylation sites (tertiary alicyclic amines) is 1.